The Bertz CT molecular complexity index is 355. The van der Waals surface area contributed by atoms with Crippen molar-refractivity contribution in [2.24, 2.45) is 0 Å². The van der Waals surface area contributed by atoms with Gasteiger partial charge in [-0.3, -0.25) is 9.78 Å². The average molecular weight is 223 g/mol. The SMILES string of the molecule is CCN(CCOC)C(=O)c1cc(N)ccn1. The Balaban J connectivity index is 2.74. The number of ether oxygens (including phenoxy) is 1. The number of amides is 1. The number of nitrogens with two attached hydrogens (primary N) is 1. The molecule has 16 heavy (non-hydrogen) atoms. The first-order valence-electron chi connectivity index (χ1n) is 5.18. The maximum absolute atomic E-state index is 12.0. The Morgan fingerprint density at radius 2 is 2.38 bits per heavy atom. The van der Waals surface area contributed by atoms with Gasteiger partial charge in [0.2, 0.25) is 0 Å². The van der Waals surface area contributed by atoms with Crippen molar-refractivity contribution in [2.75, 3.05) is 32.5 Å². The van der Waals surface area contributed by atoms with Crippen LogP contribution in [0.15, 0.2) is 18.3 Å². The van der Waals surface area contributed by atoms with E-state index in [0.717, 1.165) is 0 Å². The Hall–Kier alpha value is -1.62. The molecule has 1 heterocycles. The Morgan fingerprint density at radius 3 is 2.94 bits per heavy atom. The van der Waals surface area contributed by atoms with Crippen molar-refractivity contribution in [3.05, 3.63) is 24.0 Å². The zero-order valence-electron chi connectivity index (χ0n) is 9.64. The molecule has 0 aliphatic rings. The van der Waals surface area contributed by atoms with Crippen molar-refractivity contribution in [2.45, 2.75) is 6.92 Å². The van der Waals surface area contributed by atoms with Crippen molar-refractivity contribution in [3.63, 3.8) is 0 Å². The third-order valence-corrected chi connectivity index (χ3v) is 2.24. The molecule has 0 aliphatic carbocycles. The van der Waals surface area contributed by atoms with Gasteiger partial charge < -0.3 is 15.4 Å². The predicted molar refractivity (Wildman–Crippen MR) is 62.1 cm³/mol. The first-order valence-corrected chi connectivity index (χ1v) is 5.18. The summed E-state index contributed by atoms with van der Waals surface area (Å²) in [4.78, 5) is 17.7. The van der Waals surface area contributed by atoms with E-state index in [2.05, 4.69) is 4.98 Å². The molecule has 88 valence electrons. The average Bonchev–Trinajstić information content (AvgIpc) is 2.29. The van der Waals surface area contributed by atoms with Crippen LogP contribution >= 0.6 is 0 Å². The van der Waals surface area contributed by atoms with Crippen molar-refractivity contribution in [3.8, 4) is 0 Å². The number of hydrogen-bond acceptors (Lipinski definition) is 4. The van der Waals surface area contributed by atoms with Crippen LogP contribution in [0.25, 0.3) is 0 Å². The number of nitrogens with zero attached hydrogens (tertiary/aromatic N) is 2. The smallest absolute Gasteiger partial charge is 0.272 e. The van der Waals surface area contributed by atoms with Crippen LogP contribution in [0, 0.1) is 0 Å². The van der Waals surface area contributed by atoms with Gasteiger partial charge in [0, 0.05) is 32.1 Å². The minimum absolute atomic E-state index is 0.119. The summed E-state index contributed by atoms with van der Waals surface area (Å²) >= 11 is 0. The summed E-state index contributed by atoms with van der Waals surface area (Å²) in [7, 11) is 1.61. The monoisotopic (exact) mass is 223 g/mol. The summed E-state index contributed by atoms with van der Waals surface area (Å²) in [5.74, 6) is -0.119. The summed E-state index contributed by atoms with van der Waals surface area (Å²) in [5, 5.41) is 0. The highest BCUT2D eigenvalue weighted by Crippen LogP contribution is 2.06. The molecule has 0 unspecified atom stereocenters. The van der Waals surface area contributed by atoms with E-state index in [1.807, 2.05) is 6.92 Å². The Labute approximate surface area is 95.2 Å². The van der Waals surface area contributed by atoms with E-state index in [9.17, 15) is 4.79 Å². The van der Waals surface area contributed by atoms with Gasteiger partial charge in [-0.25, -0.2) is 0 Å². The summed E-state index contributed by atoms with van der Waals surface area (Å²) in [5.41, 5.74) is 6.52. The van der Waals surface area contributed by atoms with Crippen LogP contribution in [-0.2, 0) is 4.74 Å². The molecule has 1 aromatic heterocycles. The number of pyridine rings is 1. The predicted octanol–water partition coefficient (Wildman–Crippen LogP) is 0.772. The first-order chi connectivity index (χ1) is 7.69. The fourth-order valence-corrected chi connectivity index (χ4v) is 1.33. The maximum atomic E-state index is 12.0. The minimum Gasteiger partial charge on any atom is -0.399 e. The van der Waals surface area contributed by atoms with E-state index in [0.29, 0.717) is 31.1 Å². The van der Waals surface area contributed by atoms with Crippen molar-refractivity contribution >= 4 is 11.6 Å². The summed E-state index contributed by atoms with van der Waals surface area (Å²) in [6.45, 7) is 3.61. The van der Waals surface area contributed by atoms with E-state index >= 15 is 0 Å². The number of hydrogen-bond donors (Lipinski definition) is 1. The fourth-order valence-electron chi connectivity index (χ4n) is 1.33. The fraction of sp³-hybridized carbons (Fsp3) is 0.455. The van der Waals surface area contributed by atoms with Gasteiger partial charge in [-0.05, 0) is 19.1 Å². The van der Waals surface area contributed by atoms with Crippen LogP contribution < -0.4 is 5.73 Å². The van der Waals surface area contributed by atoms with Crippen LogP contribution in [-0.4, -0.2) is 42.6 Å². The molecule has 5 nitrogen and oxygen atoms in total. The molecule has 0 aliphatic heterocycles. The molecule has 0 radical (unpaired) electrons. The summed E-state index contributed by atoms with van der Waals surface area (Å²) in [6, 6.07) is 3.24. The summed E-state index contributed by atoms with van der Waals surface area (Å²) < 4.78 is 4.94. The second-order valence-corrected chi connectivity index (χ2v) is 3.35. The van der Waals surface area contributed by atoms with Crippen LogP contribution in [0.2, 0.25) is 0 Å². The standard InChI is InChI=1S/C11H17N3O2/c1-3-14(6-7-16-2)11(15)10-8-9(12)4-5-13-10/h4-5,8H,3,6-7H2,1-2H3,(H2,12,13). The second-order valence-electron chi connectivity index (χ2n) is 3.35. The molecule has 1 amide bonds. The molecule has 0 bridgehead atoms. The van der Waals surface area contributed by atoms with Gasteiger partial charge in [-0.2, -0.15) is 0 Å². The van der Waals surface area contributed by atoms with Crippen LogP contribution in [0.1, 0.15) is 17.4 Å². The molecule has 0 saturated carbocycles. The van der Waals surface area contributed by atoms with Gasteiger partial charge in [0.05, 0.1) is 6.61 Å². The molecule has 0 fully saturated rings. The largest absolute Gasteiger partial charge is 0.399 e. The first kappa shape index (κ1) is 12.4. The molecular weight excluding hydrogens is 206 g/mol. The topological polar surface area (TPSA) is 68.5 Å². The van der Waals surface area contributed by atoms with Crippen molar-refractivity contribution in [1.29, 1.82) is 0 Å². The van der Waals surface area contributed by atoms with Crippen LogP contribution in [0.4, 0.5) is 5.69 Å². The van der Waals surface area contributed by atoms with Gasteiger partial charge in [-0.1, -0.05) is 0 Å². The number of anilines is 1. The Kier molecular flexibility index (Phi) is 4.72. The lowest BCUT2D eigenvalue weighted by Crippen LogP contribution is -2.34. The molecule has 0 saturated heterocycles. The number of nitrogen functional groups attached to an aromatic ring is 1. The lowest BCUT2D eigenvalue weighted by Gasteiger charge is -2.19. The molecule has 0 spiro atoms. The molecule has 1 rings (SSSR count). The summed E-state index contributed by atoms with van der Waals surface area (Å²) in [6.07, 6.45) is 1.53. The van der Waals surface area contributed by atoms with E-state index in [-0.39, 0.29) is 5.91 Å². The lowest BCUT2D eigenvalue weighted by molar-refractivity contribution is 0.0701. The molecule has 2 N–H and O–H groups in total. The van der Waals surface area contributed by atoms with Crippen LogP contribution in [0.5, 0.6) is 0 Å². The van der Waals surface area contributed by atoms with Gasteiger partial charge in [-0.15, -0.1) is 0 Å². The molecule has 0 aromatic carbocycles. The maximum Gasteiger partial charge on any atom is 0.272 e. The number of carbonyl (C=O) groups excluding carboxylic acids is 1. The van der Waals surface area contributed by atoms with Crippen molar-refractivity contribution < 1.29 is 9.53 Å². The number of likely N-dealkylation sites (N-methyl/N-ethyl adjacent to an activating group) is 1. The molecule has 0 atom stereocenters. The quantitative estimate of drug-likeness (QED) is 0.800. The van der Waals surface area contributed by atoms with Gasteiger partial charge in [0.1, 0.15) is 5.69 Å². The number of carbonyl (C=O) groups is 1. The second kappa shape index (κ2) is 6.07. The molecular formula is C11H17N3O2. The third-order valence-electron chi connectivity index (χ3n) is 2.24. The normalized spacial score (nSPS) is 10.1. The third kappa shape index (κ3) is 3.20. The lowest BCUT2D eigenvalue weighted by atomic mass is 10.3. The van der Waals surface area contributed by atoms with E-state index in [1.165, 1.54) is 6.20 Å². The minimum atomic E-state index is -0.119. The number of rotatable bonds is 5. The molecule has 5 heteroatoms. The number of methoxy groups -OCH3 is 1. The van der Waals surface area contributed by atoms with Gasteiger partial charge >= 0.3 is 0 Å². The van der Waals surface area contributed by atoms with Crippen molar-refractivity contribution in [1.82, 2.24) is 9.88 Å². The van der Waals surface area contributed by atoms with Crippen LogP contribution in [0.3, 0.4) is 0 Å². The van der Waals surface area contributed by atoms with E-state index < -0.39 is 0 Å². The zero-order valence-corrected chi connectivity index (χ0v) is 9.64. The highest BCUT2D eigenvalue weighted by atomic mass is 16.5. The van der Waals surface area contributed by atoms with Gasteiger partial charge in [0.15, 0.2) is 0 Å². The van der Waals surface area contributed by atoms with E-state index in [1.54, 1.807) is 24.1 Å². The highest BCUT2D eigenvalue weighted by molar-refractivity contribution is 5.93. The molecule has 1 aromatic rings. The van der Waals surface area contributed by atoms with E-state index in [4.69, 9.17) is 10.5 Å². The number of aromatic nitrogens is 1. The Morgan fingerprint density at radius 1 is 1.62 bits per heavy atom. The zero-order chi connectivity index (χ0) is 12.0. The van der Waals surface area contributed by atoms with Gasteiger partial charge in [0.25, 0.3) is 5.91 Å². The highest BCUT2D eigenvalue weighted by Gasteiger charge is 2.14.